The Morgan fingerprint density at radius 1 is 1.06 bits per heavy atom. The minimum absolute atomic E-state index is 0.643. The van der Waals surface area contributed by atoms with Gasteiger partial charge in [0.2, 0.25) is 0 Å². The Labute approximate surface area is 108 Å². The maximum atomic E-state index is 3.86. The molecule has 0 aromatic rings. The van der Waals surface area contributed by atoms with Crippen molar-refractivity contribution in [1.82, 2.24) is 5.32 Å². The van der Waals surface area contributed by atoms with Gasteiger partial charge in [0.15, 0.2) is 0 Å². The van der Waals surface area contributed by atoms with Crippen molar-refractivity contribution in [2.24, 2.45) is 17.3 Å². The molecule has 0 spiro atoms. The third kappa shape index (κ3) is 3.71. The zero-order valence-corrected chi connectivity index (χ0v) is 12.1. The Kier molecular flexibility index (Phi) is 4.52. The van der Waals surface area contributed by atoms with Crippen LogP contribution < -0.4 is 5.32 Å². The summed E-state index contributed by atoms with van der Waals surface area (Å²) in [7, 11) is 0. The maximum absolute atomic E-state index is 3.86. The molecule has 2 aliphatic rings. The van der Waals surface area contributed by atoms with Gasteiger partial charge in [0, 0.05) is 12.6 Å². The molecule has 2 atom stereocenters. The maximum Gasteiger partial charge on any atom is 0.00673 e. The normalized spacial score (nSPS) is 33.2. The van der Waals surface area contributed by atoms with Gasteiger partial charge in [-0.3, -0.25) is 0 Å². The molecular formula is C16H31N. The summed E-state index contributed by atoms with van der Waals surface area (Å²) in [5, 5.41) is 3.86. The number of hydrogen-bond donors (Lipinski definition) is 1. The molecule has 2 unspecified atom stereocenters. The van der Waals surface area contributed by atoms with Gasteiger partial charge in [0.1, 0.15) is 0 Å². The highest BCUT2D eigenvalue weighted by atomic mass is 14.9. The number of rotatable bonds is 4. The van der Waals surface area contributed by atoms with E-state index in [4.69, 9.17) is 0 Å². The summed E-state index contributed by atoms with van der Waals surface area (Å²) in [5.41, 5.74) is 0.643. The standard InChI is InChI=1S/C16H31N/c1-13(2)14-6-4-7-15(9-8-14)17-12-16(3)10-5-11-16/h13-15,17H,4-12H2,1-3H3. The molecule has 2 saturated carbocycles. The Hall–Kier alpha value is -0.0400. The topological polar surface area (TPSA) is 12.0 Å². The molecule has 100 valence electrons. The fourth-order valence-electron chi connectivity index (χ4n) is 3.55. The SMILES string of the molecule is CC(C)C1CCCC(NCC2(C)CCC2)CC1. The zero-order chi connectivity index (χ0) is 12.3. The molecule has 2 rings (SSSR count). The fraction of sp³-hybridized carbons (Fsp3) is 1.00. The molecule has 0 aromatic carbocycles. The van der Waals surface area contributed by atoms with Crippen molar-refractivity contribution in [3.05, 3.63) is 0 Å². The van der Waals surface area contributed by atoms with Crippen molar-refractivity contribution in [2.75, 3.05) is 6.54 Å². The Bertz CT molecular complexity index is 230. The first-order valence-electron chi connectivity index (χ1n) is 7.82. The van der Waals surface area contributed by atoms with Gasteiger partial charge in [0.25, 0.3) is 0 Å². The summed E-state index contributed by atoms with van der Waals surface area (Å²) >= 11 is 0. The number of hydrogen-bond acceptors (Lipinski definition) is 1. The number of nitrogens with one attached hydrogen (secondary N) is 1. The van der Waals surface area contributed by atoms with Crippen LogP contribution in [0.25, 0.3) is 0 Å². The molecule has 0 heterocycles. The lowest BCUT2D eigenvalue weighted by Gasteiger charge is -2.39. The van der Waals surface area contributed by atoms with E-state index in [-0.39, 0.29) is 0 Å². The van der Waals surface area contributed by atoms with Gasteiger partial charge in [-0.1, -0.05) is 40.0 Å². The molecule has 0 saturated heterocycles. The first kappa shape index (κ1) is 13.4. The van der Waals surface area contributed by atoms with Crippen LogP contribution in [0.15, 0.2) is 0 Å². The largest absolute Gasteiger partial charge is 0.313 e. The van der Waals surface area contributed by atoms with Crippen LogP contribution in [0.2, 0.25) is 0 Å². The molecule has 2 aliphatic carbocycles. The van der Waals surface area contributed by atoms with Crippen LogP contribution in [0, 0.1) is 17.3 Å². The molecule has 0 radical (unpaired) electrons. The summed E-state index contributed by atoms with van der Waals surface area (Å²) < 4.78 is 0. The Morgan fingerprint density at radius 3 is 2.41 bits per heavy atom. The van der Waals surface area contributed by atoms with Crippen LogP contribution in [0.4, 0.5) is 0 Å². The van der Waals surface area contributed by atoms with Crippen LogP contribution in [0.5, 0.6) is 0 Å². The predicted octanol–water partition coefficient (Wildman–Crippen LogP) is 4.37. The van der Waals surface area contributed by atoms with E-state index in [0.717, 1.165) is 17.9 Å². The average molecular weight is 237 g/mol. The lowest BCUT2D eigenvalue weighted by Crippen LogP contribution is -2.41. The van der Waals surface area contributed by atoms with E-state index in [1.165, 1.54) is 57.9 Å². The molecule has 2 fully saturated rings. The summed E-state index contributed by atoms with van der Waals surface area (Å²) in [6.45, 7) is 8.52. The van der Waals surface area contributed by atoms with Gasteiger partial charge >= 0.3 is 0 Å². The molecule has 1 N–H and O–H groups in total. The zero-order valence-electron chi connectivity index (χ0n) is 12.1. The van der Waals surface area contributed by atoms with Gasteiger partial charge in [-0.15, -0.1) is 0 Å². The van der Waals surface area contributed by atoms with Gasteiger partial charge in [0.05, 0.1) is 0 Å². The molecule has 0 amide bonds. The first-order valence-corrected chi connectivity index (χ1v) is 7.82. The van der Waals surface area contributed by atoms with Crippen LogP contribution in [0.1, 0.15) is 72.1 Å². The summed E-state index contributed by atoms with van der Waals surface area (Å²) in [4.78, 5) is 0. The average Bonchev–Trinajstić information content (AvgIpc) is 2.49. The minimum atomic E-state index is 0.643. The second-order valence-corrected chi connectivity index (χ2v) is 7.25. The molecule has 0 bridgehead atoms. The fourth-order valence-corrected chi connectivity index (χ4v) is 3.55. The molecule has 0 aliphatic heterocycles. The molecule has 1 heteroatoms. The highest BCUT2D eigenvalue weighted by Gasteiger charge is 2.32. The molecule has 1 nitrogen and oxygen atoms in total. The first-order chi connectivity index (χ1) is 8.09. The van der Waals surface area contributed by atoms with E-state index >= 15 is 0 Å². The van der Waals surface area contributed by atoms with Gasteiger partial charge in [-0.2, -0.15) is 0 Å². The van der Waals surface area contributed by atoms with Crippen LogP contribution in [-0.2, 0) is 0 Å². The quantitative estimate of drug-likeness (QED) is 0.716. The predicted molar refractivity (Wildman–Crippen MR) is 75.2 cm³/mol. The van der Waals surface area contributed by atoms with E-state index in [1.54, 1.807) is 0 Å². The summed E-state index contributed by atoms with van der Waals surface area (Å²) in [5.74, 6) is 1.87. The van der Waals surface area contributed by atoms with E-state index in [2.05, 4.69) is 26.1 Å². The van der Waals surface area contributed by atoms with Gasteiger partial charge in [-0.25, -0.2) is 0 Å². The second-order valence-electron chi connectivity index (χ2n) is 7.25. The molecule has 0 aromatic heterocycles. The van der Waals surface area contributed by atoms with E-state index in [9.17, 15) is 0 Å². The van der Waals surface area contributed by atoms with Crippen molar-refractivity contribution >= 4 is 0 Å². The van der Waals surface area contributed by atoms with Crippen molar-refractivity contribution < 1.29 is 0 Å². The van der Waals surface area contributed by atoms with E-state index in [1.807, 2.05) is 0 Å². The van der Waals surface area contributed by atoms with E-state index in [0.29, 0.717) is 5.41 Å². The van der Waals surface area contributed by atoms with Gasteiger partial charge in [-0.05, 0) is 49.4 Å². The van der Waals surface area contributed by atoms with Crippen molar-refractivity contribution in [1.29, 1.82) is 0 Å². The van der Waals surface area contributed by atoms with Crippen molar-refractivity contribution in [2.45, 2.75) is 78.2 Å². The van der Waals surface area contributed by atoms with Crippen LogP contribution in [0.3, 0.4) is 0 Å². The minimum Gasteiger partial charge on any atom is -0.313 e. The van der Waals surface area contributed by atoms with Crippen molar-refractivity contribution in [3.63, 3.8) is 0 Å². The lowest BCUT2D eigenvalue weighted by atomic mass is 9.70. The smallest absolute Gasteiger partial charge is 0.00673 e. The van der Waals surface area contributed by atoms with E-state index < -0.39 is 0 Å². The third-order valence-corrected chi connectivity index (χ3v) is 5.33. The summed E-state index contributed by atoms with van der Waals surface area (Å²) in [6.07, 6.45) is 11.5. The highest BCUT2D eigenvalue weighted by molar-refractivity contribution is 4.87. The third-order valence-electron chi connectivity index (χ3n) is 5.33. The molecular weight excluding hydrogens is 206 g/mol. The Balaban J connectivity index is 1.71. The second kappa shape index (κ2) is 5.73. The van der Waals surface area contributed by atoms with Crippen LogP contribution in [-0.4, -0.2) is 12.6 Å². The highest BCUT2D eigenvalue weighted by Crippen LogP contribution is 2.39. The monoisotopic (exact) mass is 237 g/mol. The Morgan fingerprint density at radius 2 is 1.82 bits per heavy atom. The van der Waals surface area contributed by atoms with Gasteiger partial charge < -0.3 is 5.32 Å². The van der Waals surface area contributed by atoms with Crippen LogP contribution >= 0.6 is 0 Å². The van der Waals surface area contributed by atoms with Crippen molar-refractivity contribution in [3.8, 4) is 0 Å². The molecule has 17 heavy (non-hydrogen) atoms. The lowest BCUT2D eigenvalue weighted by molar-refractivity contribution is 0.148. The summed E-state index contributed by atoms with van der Waals surface area (Å²) in [6, 6.07) is 0.816.